The van der Waals surface area contributed by atoms with Crippen LogP contribution in [0.25, 0.3) is 11.1 Å². The second-order valence-corrected chi connectivity index (χ2v) is 12.6. The number of benzene rings is 1. The summed E-state index contributed by atoms with van der Waals surface area (Å²) >= 11 is 0. The maximum atomic E-state index is 13.8. The van der Waals surface area contributed by atoms with Gasteiger partial charge in [-0.2, -0.15) is 18.3 Å². The molecule has 1 saturated heterocycles. The van der Waals surface area contributed by atoms with Crippen LogP contribution in [0.4, 0.5) is 28.3 Å². The quantitative estimate of drug-likeness (QED) is 0.224. The van der Waals surface area contributed by atoms with Crippen molar-refractivity contribution in [1.82, 2.24) is 24.6 Å². The summed E-state index contributed by atoms with van der Waals surface area (Å²) in [5.74, 6) is -0.571. The number of halogens is 4. The molecule has 3 heterocycles. The monoisotopic (exact) mass is 660 g/mol. The van der Waals surface area contributed by atoms with Crippen LogP contribution in [0.2, 0.25) is 0 Å². The van der Waals surface area contributed by atoms with Gasteiger partial charge in [-0.05, 0) is 67.7 Å². The van der Waals surface area contributed by atoms with Gasteiger partial charge in [0, 0.05) is 67.9 Å². The van der Waals surface area contributed by atoms with Crippen LogP contribution in [0.1, 0.15) is 75.5 Å². The molecule has 2 aromatic heterocycles. The minimum atomic E-state index is -4.65. The number of rotatable bonds is 11. The van der Waals surface area contributed by atoms with Gasteiger partial charge in [0.1, 0.15) is 12.8 Å². The number of hydrogen-bond donors (Lipinski definition) is 1. The maximum Gasteiger partial charge on any atom is 0.416 e. The molecule has 2 fully saturated rings. The molecule has 10 nitrogen and oxygen atoms in total. The molecule has 47 heavy (non-hydrogen) atoms. The molecule has 3 atom stereocenters. The molecule has 1 amide bonds. The molecule has 1 aromatic carbocycles. The number of aliphatic carboxylic acids is 1. The molecule has 1 unspecified atom stereocenters. The molecule has 14 heteroatoms. The fraction of sp³-hybridized carbons (Fsp3) is 0.545. The number of amides is 1. The lowest BCUT2D eigenvalue weighted by Crippen LogP contribution is -2.57. The number of piperidine rings is 1. The van der Waals surface area contributed by atoms with E-state index in [-0.39, 0.29) is 54.2 Å². The van der Waals surface area contributed by atoms with Gasteiger partial charge in [0.15, 0.2) is 0 Å². The number of anilines is 1. The summed E-state index contributed by atoms with van der Waals surface area (Å²) in [5.41, 5.74) is 0.807. The van der Waals surface area contributed by atoms with E-state index in [9.17, 15) is 27.2 Å². The van der Waals surface area contributed by atoms with Crippen molar-refractivity contribution in [3.8, 4) is 11.1 Å². The Balaban J connectivity index is 1.42. The van der Waals surface area contributed by atoms with Crippen molar-refractivity contribution in [1.29, 1.82) is 0 Å². The Kier molecular flexibility index (Phi) is 10.4. The summed E-state index contributed by atoms with van der Waals surface area (Å²) in [6, 6.07) is 2.56. The molecule has 2 aliphatic rings. The summed E-state index contributed by atoms with van der Waals surface area (Å²) < 4.78 is 62.5. The number of alkyl halides is 4. The highest BCUT2D eigenvalue weighted by Crippen LogP contribution is 2.37. The Morgan fingerprint density at radius 1 is 0.979 bits per heavy atom. The third kappa shape index (κ3) is 8.02. The average molecular weight is 661 g/mol. The fourth-order valence-corrected chi connectivity index (χ4v) is 6.76. The second-order valence-electron chi connectivity index (χ2n) is 12.6. The lowest BCUT2D eigenvalue weighted by molar-refractivity contribution is -0.140. The highest BCUT2D eigenvalue weighted by atomic mass is 19.4. The van der Waals surface area contributed by atoms with E-state index >= 15 is 0 Å². The van der Waals surface area contributed by atoms with Gasteiger partial charge in [-0.1, -0.05) is 19.9 Å². The SMILES string of the molecule is CC[C@@H]1CC(N(Cc2cc(CF)cc(C(F)(F)F)c2)c2ncc(-c3cnn(C)c3)cn2)C[C@H](CC)N1C(=O)OC1CC(CC(=O)O)C1. The molecule has 0 bridgehead atoms. The highest BCUT2D eigenvalue weighted by molar-refractivity contribution is 5.70. The van der Waals surface area contributed by atoms with Crippen LogP contribution >= 0.6 is 0 Å². The number of aromatic nitrogens is 4. The second kappa shape index (κ2) is 14.3. The lowest BCUT2D eigenvalue weighted by Gasteiger charge is -2.48. The predicted molar refractivity (Wildman–Crippen MR) is 165 cm³/mol. The number of ether oxygens (including phenoxy) is 1. The van der Waals surface area contributed by atoms with Crippen molar-refractivity contribution in [2.75, 3.05) is 4.90 Å². The highest BCUT2D eigenvalue weighted by Gasteiger charge is 2.43. The average Bonchev–Trinajstić information content (AvgIpc) is 3.47. The number of nitrogens with zero attached hydrogens (tertiary/aromatic N) is 6. The molecule has 3 aromatic rings. The van der Waals surface area contributed by atoms with Gasteiger partial charge >= 0.3 is 18.2 Å². The Morgan fingerprint density at radius 2 is 1.62 bits per heavy atom. The topological polar surface area (TPSA) is 114 Å². The summed E-state index contributed by atoms with van der Waals surface area (Å²) in [7, 11) is 1.79. The van der Waals surface area contributed by atoms with Gasteiger partial charge in [-0.3, -0.25) is 9.48 Å². The maximum absolute atomic E-state index is 13.8. The molecular formula is C33H40F4N6O4. The van der Waals surface area contributed by atoms with Crippen LogP contribution < -0.4 is 4.90 Å². The third-order valence-electron chi connectivity index (χ3n) is 9.21. The van der Waals surface area contributed by atoms with E-state index in [1.54, 1.807) is 35.2 Å². The minimum Gasteiger partial charge on any atom is -0.481 e. The van der Waals surface area contributed by atoms with Crippen LogP contribution in [-0.4, -0.2) is 66.0 Å². The Bertz CT molecular complexity index is 1530. The third-order valence-corrected chi connectivity index (χ3v) is 9.21. The summed E-state index contributed by atoms with van der Waals surface area (Å²) in [5, 5.41) is 13.2. The van der Waals surface area contributed by atoms with E-state index in [0.717, 1.165) is 23.3 Å². The lowest BCUT2D eigenvalue weighted by atomic mass is 9.80. The van der Waals surface area contributed by atoms with Crippen LogP contribution in [0.3, 0.4) is 0 Å². The standard InChI is InChI=1S/C33H40F4N6O4/c1-4-26-12-28(13-27(5-2)43(26)32(46)47-29-9-20(10-29)11-30(44)45)42(18-22-6-21(14-34)7-25(8-22)33(35,36)37)31-38-15-23(16-39-31)24-17-40-41(3)19-24/h6-8,15-17,19-20,26-29H,4-5,9-14,18H2,1-3H3,(H,44,45)/t20?,26-,27+,28?,29?. The largest absolute Gasteiger partial charge is 0.481 e. The molecule has 1 saturated carbocycles. The number of hydrogen-bond acceptors (Lipinski definition) is 7. The van der Waals surface area contributed by atoms with Gasteiger partial charge in [-0.25, -0.2) is 19.2 Å². The molecule has 1 N–H and O–H groups in total. The molecule has 254 valence electrons. The number of carbonyl (C=O) groups excluding carboxylic acids is 1. The van der Waals surface area contributed by atoms with E-state index in [1.165, 1.54) is 6.07 Å². The van der Waals surface area contributed by atoms with E-state index in [0.29, 0.717) is 44.5 Å². The number of carbonyl (C=O) groups is 2. The number of carboxylic acids is 1. The van der Waals surface area contributed by atoms with Crippen molar-refractivity contribution >= 4 is 18.0 Å². The first kappa shape index (κ1) is 34.1. The predicted octanol–water partition coefficient (Wildman–Crippen LogP) is 6.78. The zero-order chi connectivity index (χ0) is 33.9. The first-order valence-corrected chi connectivity index (χ1v) is 15.9. The summed E-state index contributed by atoms with van der Waals surface area (Å²) in [6.45, 7) is 2.89. The zero-order valence-electron chi connectivity index (χ0n) is 26.7. The van der Waals surface area contributed by atoms with E-state index in [1.807, 2.05) is 24.9 Å². The van der Waals surface area contributed by atoms with E-state index in [4.69, 9.17) is 9.84 Å². The fourth-order valence-electron chi connectivity index (χ4n) is 6.76. The van der Waals surface area contributed by atoms with Gasteiger partial charge in [0.2, 0.25) is 5.95 Å². The Hall–Kier alpha value is -4.23. The van der Waals surface area contributed by atoms with Crippen molar-refractivity contribution < 1.29 is 37.0 Å². The van der Waals surface area contributed by atoms with Crippen LogP contribution in [-0.2, 0) is 36.0 Å². The van der Waals surface area contributed by atoms with E-state index < -0.39 is 30.5 Å². The van der Waals surface area contributed by atoms with Crippen molar-refractivity contribution in [2.24, 2.45) is 13.0 Å². The Morgan fingerprint density at radius 3 is 2.15 bits per heavy atom. The van der Waals surface area contributed by atoms with Gasteiger partial charge < -0.3 is 19.6 Å². The normalized spacial score (nSPS) is 22.9. The van der Waals surface area contributed by atoms with Crippen LogP contribution in [0.15, 0.2) is 43.0 Å². The zero-order valence-corrected chi connectivity index (χ0v) is 26.7. The van der Waals surface area contributed by atoms with Gasteiger partial charge in [0.25, 0.3) is 0 Å². The molecular weight excluding hydrogens is 620 g/mol. The molecule has 5 rings (SSSR count). The molecule has 0 radical (unpaired) electrons. The summed E-state index contributed by atoms with van der Waals surface area (Å²) in [4.78, 5) is 37.4. The summed E-state index contributed by atoms with van der Waals surface area (Å²) in [6.07, 6.45) is 4.64. The number of likely N-dealkylation sites (tertiary alicyclic amines) is 1. The van der Waals surface area contributed by atoms with Crippen molar-refractivity contribution in [2.45, 2.75) is 102 Å². The molecule has 1 aliphatic heterocycles. The first-order chi connectivity index (χ1) is 22.4. The van der Waals surface area contributed by atoms with Crippen molar-refractivity contribution in [3.05, 3.63) is 59.7 Å². The smallest absolute Gasteiger partial charge is 0.416 e. The number of aryl methyl sites for hydroxylation is 1. The molecule has 1 aliphatic carbocycles. The van der Waals surface area contributed by atoms with Crippen LogP contribution in [0.5, 0.6) is 0 Å². The van der Waals surface area contributed by atoms with E-state index in [2.05, 4.69) is 15.1 Å². The Labute approximate surface area is 270 Å². The first-order valence-electron chi connectivity index (χ1n) is 15.9. The van der Waals surface area contributed by atoms with Crippen molar-refractivity contribution in [3.63, 3.8) is 0 Å². The van der Waals surface area contributed by atoms with Crippen LogP contribution in [0, 0.1) is 5.92 Å². The van der Waals surface area contributed by atoms with Gasteiger partial charge in [-0.15, -0.1) is 0 Å². The minimum absolute atomic E-state index is 0.00180. The van der Waals surface area contributed by atoms with Gasteiger partial charge in [0.05, 0.1) is 11.8 Å². The molecule has 0 spiro atoms. The number of carboxylic acid groups (broad SMARTS) is 1.